The van der Waals surface area contributed by atoms with Crippen LogP contribution in [-0.4, -0.2) is 18.5 Å². The summed E-state index contributed by atoms with van der Waals surface area (Å²) in [6.07, 6.45) is -4.48. The van der Waals surface area contributed by atoms with Crippen LogP contribution in [0.1, 0.15) is 15.9 Å². The first kappa shape index (κ1) is 18.2. The first-order valence-electron chi connectivity index (χ1n) is 6.66. The van der Waals surface area contributed by atoms with Crippen LogP contribution >= 0.6 is 22.6 Å². The molecule has 4 nitrogen and oxygen atoms in total. The molecule has 0 unspecified atom stereocenters. The molecule has 0 aromatic heterocycles. The van der Waals surface area contributed by atoms with E-state index in [-0.39, 0.29) is 5.56 Å². The number of rotatable bonds is 4. The fourth-order valence-corrected chi connectivity index (χ4v) is 2.28. The molecule has 0 heterocycles. The van der Waals surface area contributed by atoms with Gasteiger partial charge in [0.15, 0.2) is 6.61 Å². The van der Waals surface area contributed by atoms with Crippen molar-refractivity contribution in [3.05, 3.63) is 63.2 Å². The number of alkyl halides is 3. The Bertz CT molecular complexity index is 745. The normalized spacial score (nSPS) is 11.0. The third-order valence-electron chi connectivity index (χ3n) is 2.93. The van der Waals surface area contributed by atoms with Crippen molar-refractivity contribution in [1.82, 2.24) is 0 Å². The lowest BCUT2D eigenvalue weighted by Crippen LogP contribution is -2.21. The number of carbonyl (C=O) groups is 2. The molecule has 0 aliphatic rings. The number of hydrogen-bond acceptors (Lipinski definition) is 3. The minimum atomic E-state index is -4.48. The van der Waals surface area contributed by atoms with Crippen LogP contribution in [0.15, 0.2) is 48.5 Å². The summed E-state index contributed by atoms with van der Waals surface area (Å²) < 4.78 is 42.9. The molecule has 0 aliphatic heterocycles. The van der Waals surface area contributed by atoms with Gasteiger partial charge in [0.2, 0.25) is 0 Å². The number of ether oxygens (including phenoxy) is 1. The van der Waals surface area contributed by atoms with Crippen molar-refractivity contribution < 1.29 is 27.5 Å². The van der Waals surface area contributed by atoms with Crippen LogP contribution in [0.2, 0.25) is 0 Å². The molecule has 0 saturated carbocycles. The Morgan fingerprint density at radius 2 is 1.67 bits per heavy atom. The highest BCUT2D eigenvalue weighted by Crippen LogP contribution is 2.29. The largest absolute Gasteiger partial charge is 0.452 e. The average molecular weight is 449 g/mol. The van der Waals surface area contributed by atoms with E-state index in [9.17, 15) is 22.8 Å². The van der Waals surface area contributed by atoms with Crippen molar-refractivity contribution >= 4 is 40.2 Å². The Morgan fingerprint density at radius 1 is 1.04 bits per heavy atom. The smallest absolute Gasteiger partial charge is 0.416 e. The lowest BCUT2D eigenvalue weighted by atomic mass is 10.1. The quantitative estimate of drug-likeness (QED) is 0.565. The molecule has 0 fully saturated rings. The molecule has 2 aromatic carbocycles. The van der Waals surface area contributed by atoms with Crippen LogP contribution in [0.3, 0.4) is 0 Å². The molecule has 0 aliphatic carbocycles. The van der Waals surface area contributed by atoms with Gasteiger partial charge in [0.1, 0.15) is 0 Å². The maximum absolute atomic E-state index is 12.4. The molecular formula is C16H11F3INO3. The molecule has 0 spiro atoms. The minimum absolute atomic E-state index is 0.0647. The van der Waals surface area contributed by atoms with Gasteiger partial charge < -0.3 is 10.1 Å². The highest BCUT2D eigenvalue weighted by Gasteiger charge is 2.30. The first-order valence-corrected chi connectivity index (χ1v) is 7.74. The Kier molecular flexibility index (Phi) is 5.81. The summed E-state index contributed by atoms with van der Waals surface area (Å²) in [5.74, 6) is -1.42. The van der Waals surface area contributed by atoms with Crippen LogP contribution < -0.4 is 5.32 Å². The molecule has 126 valence electrons. The van der Waals surface area contributed by atoms with Gasteiger partial charge in [-0.25, -0.2) is 4.79 Å². The van der Waals surface area contributed by atoms with Crippen molar-refractivity contribution in [1.29, 1.82) is 0 Å². The van der Waals surface area contributed by atoms with Crippen LogP contribution in [0.25, 0.3) is 0 Å². The molecule has 2 aromatic rings. The Balaban J connectivity index is 1.91. The maximum Gasteiger partial charge on any atom is 0.416 e. The number of para-hydroxylation sites is 1. The topological polar surface area (TPSA) is 55.4 Å². The van der Waals surface area contributed by atoms with E-state index >= 15 is 0 Å². The van der Waals surface area contributed by atoms with Gasteiger partial charge in [0.05, 0.1) is 16.8 Å². The van der Waals surface area contributed by atoms with Gasteiger partial charge in [-0.05, 0) is 59.0 Å². The first-order chi connectivity index (χ1) is 11.3. The number of benzene rings is 2. The third kappa shape index (κ3) is 4.95. The molecule has 1 amide bonds. The molecule has 24 heavy (non-hydrogen) atoms. The van der Waals surface area contributed by atoms with Crippen molar-refractivity contribution in [3.8, 4) is 0 Å². The van der Waals surface area contributed by atoms with Crippen LogP contribution in [0, 0.1) is 3.57 Å². The molecule has 2 rings (SSSR count). The predicted molar refractivity (Wildman–Crippen MR) is 89.5 cm³/mol. The summed E-state index contributed by atoms with van der Waals surface area (Å²) in [6, 6.07) is 10.6. The van der Waals surface area contributed by atoms with Crippen LogP contribution in [0.4, 0.5) is 18.9 Å². The second-order valence-electron chi connectivity index (χ2n) is 4.68. The second-order valence-corrected chi connectivity index (χ2v) is 5.84. The zero-order valence-electron chi connectivity index (χ0n) is 12.1. The maximum atomic E-state index is 12.4. The van der Waals surface area contributed by atoms with Crippen molar-refractivity contribution in [3.63, 3.8) is 0 Å². The third-order valence-corrected chi connectivity index (χ3v) is 3.87. The van der Waals surface area contributed by atoms with E-state index in [0.29, 0.717) is 5.69 Å². The Labute approximate surface area is 149 Å². The second kappa shape index (κ2) is 7.65. The molecule has 1 N–H and O–H groups in total. The van der Waals surface area contributed by atoms with E-state index in [4.69, 9.17) is 4.74 Å². The van der Waals surface area contributed by atoms with Crippen molar-refractivity contribution in [2.24, 2.45) is 0 Å². The predicted octanol–water partition coefficient (Wildman–Crippen LogP) is 4.11. The van der Waals surface area contributed by atoms with Crippen LogP contribution in [0.5, 0.6) is 0 Å². The zero-order valence-corrected chi connectivity index (χ0v) is 14.2. The van der Waals surface area contributed by atoms with Gasteiger partial charge in [-0.1, -0.05) is 12.1 Å². The molecule has 0 saturated heterocycles. The van der Waals surface area contributed by atoms with Gasteiger partial charge in [-0.3, -0.25) is 4.79 Å². The summed E-state index contributed by atoms with van der Waals surface area (Å²) in [7, 11) is 0. The van der Waals surface area contributed by atoms with Gasteiger partial charge >= 0.3 is 12.1 Å². The van der Waals surface area contributed by atoms with E-state index in [1.165, 1.54) is 0 Å². The number of anilines is 1. The lowest BCUT2D eigenvalue weighted by molar-refractivity contribution is -0.137. The standard InChI is InChI=1S/C16H11F3INO3/c17-16(18,19)11-7-5-10(6-8-11)15(23)24-9-14(22)21-13-4-2-1-3-12(13)20/h1-8H,9H2,(H,21,22). The highest BCUT2D eigenvalue weighted by atomic mass is 127. The molecular weight excluding hydrogens is 438 g/mol. The lowest BCUT2D eigenvalue weighted by Gasteiger charge is -2.09. The van der Waals surface area contributed by atoms with E-state index in [1.807, 2.05) is 28.7 Å². The fourth-order valence-electron chi connectivity index (χ4n) is 1.76. The Morgan fingerprint density at radius 3 is 2.25 bits per heavy atom. The number of amides is 1. The van der Waals surface area contributed by atoms with Gasteiger partial charge in [0.25, 0.3) is 5.91 Å². The molecule has 0 bridgehead atoms. The van der Waals surface area contributed by atoms with E-state index < -0.39 is 30.2 Å². The highest BCUT2D eigenvalue weighted by molar-refractivity contribution is 14.1. The van der Waals surface area contributed by atoms with Gasteiger partial charge in [-0.2, -0.15) is 13.2 Å². The van der Waals surface area contributed by atoms with Crippen LogP contribution in [-0.2, 0) is 15.7 Å². The van der Waals surface area contributed by atoms with E-state index in [2.05, 4.69) is 5.32 Å². The van der Waals surface area contributed by atoms with Crippen molar-refractivity contribution in [2.75, 3.05) is 11.9 Å². The average Bonchev–Trinajstić information content (AvgIpc) is 2.54. The van der Waals surface area contributed by atoms with Crippen molar-refractivity contribution in [2.45, 2.75) is 6.18 Å². The summed E-state index contributed by atoms with van der Waals surface area (Å²) in [5, 5.41) is 2.57. The van der Waals surface area contributed by atoms with Gasteiger partial charge in [0, 0.05) is 3.57 Å². The number of esters is 1. The zero-order chi connectivity index (χ0) is 17.7. The monoisotopic (exact) mass is 449 g/mol. The number of hydrogen-bond donors (Lipinski definition) is 1. The summed E-state index contributed by atoms with van der Waals surface area (Å²) in [4.78, 5) is 23.5. The van der Waals surface area contributed by atoms with E-state index in [1.54, 1.807) is 18.2 Å². The number of nitrogens with one attached hydrogen (secondary N) is 1. The summed E-state index contributed by atoms with van der Waals surface area (Å²) in [5.41, 5.74) is -0.353. The van der Waals surface area contributed by atoms with Gasteiger partial charge in [-0.15, -0.1) is 0 Å². The summed E-state index contributed by atoms with van der Waals surface area (Å²) in [6.45, 7) is -0.537. The molecule has 0 radical (unpaired) electrons. The minimum Gasteiger partial charge on any atom is -0.452 e. The fraction of sp³-hybridized carbons (Fsp3) is 0.125. The molecule has 0 atom stereocenters. The SMILES string of the molecule is O=C(COC(=O)c1ccc(C(F)(F)F)cc1)Nc1ccccc1I. The number of halogens is 4. The number of carbonyl (C=O) groups excluding carboxylic acids is 2. The van der Waals surface area contributed by atoms with E-state index in [0.717, 1.165) is 27.8 Å². The Hall–Kier alpha value is -2.10. The molecule has 8 heteroatoms. The summed E-state index contributed by atoms with van der Waals surface area (Å²) >= 11 is 2.04.